The maximum atomic E-state index is 3.49. The fraction of sp³-hybridized carbons (Fsp3) is 0.455. The number of nitrogens with zero attached hydrogens (tertiary/aromatic N) is 1. The van der Waals surface area contributed by atoms with E-state index in [0.29, 0.717) is 6.04 Å². The summed E-state index contributed by atoms with van der Waals surface area (Å²) >= 11 is 3.49. The van der Waals surface area contributed by atoms with E-state index in [1.807, 2.05) is 0 Å². The molecule has 1 aliphatic heterocycles. The third-order valence-corrected chi connectivity index (χ3v) is 3.22. The fourth-order valence-electron chi connectivity index (χ4n) is 2.01. The van der Waals surface area contributed by atoms with Crippen molar-refractivity contribution < 1.29 is 0 Å². The zero-order valence-electron chi connectivity index (χ0n) is 8.55. The molecule has 0 saturated heterocycles. The number of rotatable bonds is 1. The van der Waals surface area contributed by atoms with Gasteiger partial charge in [-0.2, -0.15) is 0 Å². The monoisotopic (exact) mass is 254 g/mol. The highest BCUT2D eigenvalue weighted by molar-refractivity contribution is 9.10. The molecule has 0 radical (unpaired) electrons. The van der Waals surface area contributed by atoms with Crippen LogP contribution in [-0.2, 0) is 0 Å². The molecule has 0 aromatic heterocycles. The second-order valence-corrected chi connectivity index (χ2v) is 4.84. The van der Waals surface area contributed by atoms with Crippen molar-refractivity contribution in [3.8, 4) is 0 Å². The molecule has 1 heterocycles. The van der Waals surface area contributed by atoms with Gasteiger partial charge in [0.25, 0.3) is 0 Å². The highest BCUT2D eigenvalue weighted by Crippen LogP contribution is 2.34. The molecule has 1 aromatic rings. The lowest BCUT2D eigenvalue weighted by atomic mass is 9.97. The van der Waals surface area contributed by atoms with Crippen LogP contribution in [-0.4, -0.2) is 25.5 Å². The summed E-state index contributed by atoms with van der Waals surface area (Å²) in [5.41, 5.74) is 2.67. The average molecular weight is 255 g/mol. The Balaban J connectivity index is 2.40. The van der Waals surface area contributed by atoms with E-state index in [2.05, 4.69) is 58.4 Å². The SMILES string of the molecule is CN(C)C1CCNc2cc(Br)ccc21. The van der Waals surface area contributed by atoms with Gasteiger partial charge in [0, 0.05) is 22.7 Å². The first-order chi connectivity index (χ1) is 6.68. The van der Waals surface area contributed by atoms with E-state index < -0.39 is 0 Å². The quantitative estimate of drug-likeness (QED) is 0.830. The maximum Gasteiger partial charge on any atom is 0.0400 e. The van der Waals surface area contributed by atoms with E-state index in [0.717, 1.165) is 11.0 Å². The summed E-state index contributed by atoms with van der Waals surface area (Å²) in [6.45, 7) is 1.06. The molecule has 0 aliphatic carbocycles. The van der Waals surface area contributed by atoms with Crippen LogP contribution in [0.25, 0.3) is 0 Å². The number of anilines is 1. The van der Waals surface area contributed by atoms with Crippen LogP contribution in [0.5, 0.6) is 0 Å². The van der Waals surface area contributed by atoms with Crippen LogP contribution < -0.4 is 5.32 Å². The molecule has 0 bridgehead atoms. The molecule has 14 heavy (non-hydrogen) atoms. The predicted molar refractivity (Wildman–Crippen MR) is 63.7 cm³/mol. The van der Waals surface area contributed by atoms with Gasteiger partial charge in [-0.05, 0) is 38.2 Å². The minimum absolute atomic E-state index is 0.555. The summed E-state index contributed by atoms with van der Waals surface area (Å²) in [5, 5.41) is 3.43. The topological polar surface area (TPSA) is 15.3 Å². The third-order valence-electron chi connectivity index (χ3n) is 2.73. The van der Waals surface area contributed by atoms with E-state index in [1.54, 1.807) is 0 Å². The van der Waals surface area contributed by atoms with Crippen LogP contribution in [0.4, 0.5) is 5.69 Å². The van der Waals surface area contributed by atoms with Crippen molar-refractivity contribution in [2.45, 2.75) is 12.5 Å². The zero-order valence-corrected chi connectivity index (χ0v) is 10.1. The van der Waals surface area contributed by atoms with E-state index in [-0.39, 0.29) is 0 Å². The number of hydrogen-bond donors (Lipinski definition) is 1. The molecule has 76 valence electrons. The van der Waals surface area contributed by atoms with Crippen LogP contribution in [0, 0.1) is 0 Å². The molecular weight excluding hydrogens is 240 g/mol. The first-order valence-corrected chi connectivity index (χ1v) is 5.67. The van der Waals surface area contributed by atoms with E-state index in [9.17, 15) is 0 Å². The van der Waals surface area contributed by atoms with Gasteiger partial charge in [0.05, 0.1) is 0 Å². The zero-order chi connectivity index (χ0) is 10.1. The second kappa shape index (κ2) is 3.91. The first-order valence-electron chi connectivity index (χ1n) is 4.88. The molecule has 2 nitrogen and oxygen atoms in total. The normalized spacial score (nSPS) is 20.4. The van der Waals surface area contributed by atoms with Gasteiger partial charge in [0.2, 0.25) is 0 Å². The maximum absolute atomic E-state index is 3.49. The molecule has 2 rings (SSSR count). The molecule has 1 unspecified atom stereocenters. The van der Waals surface area contributed by atoms with Crippen molar-refractivity contribution in [3.05, 3.63) is 28.2 Å². The molecule has 0 spiro atoms. The van der Waals surface area contributed by atoms with Crippen molar-refractivity contribution in [3.63, 3.8) is 0 Å². The Morgan fingerprint density at radius 3 is 2.93 bits per heavy atom. The highest BCUT2D eigenvalue weighted by Gasteiger charge is 2.21. The average Bonchev–Trinajstić information content (AvgIpc) is 2.16. The third kappa shape index (κ3) is 1.79. The van der Waals surface area contributed by atoms with Gasteiger partial charge in [0.1, 0.15) is 0 Å². The van der Waals surface area contributed by atoms with E-state index in [4.69, 9.17) is 0 Å². The van der Waals surface area contributed by atoms with Gasteiger partial charge < -0.3 is 10.2 Å². The van der Waals surface area contributed by atoms with Crippen molar-refractivity contribution in [1.82, 2.24) is 4.90 Å². The van der Waals surface area contributed by atoms with Gasteiger partial charge in [-0.1, -0.05) is 22.0 Å². The van der Waals surface area contributed by atoms with E-state index in [1.165, 1.54) is 17.7 Å². The second-order valence-electron chi connectivity index (χ2n) is 3.93. The minimum Gasteiger partial charge on any atom is -0.385 e. The number of hydrogen-bond acceptors (Lipinski definition) is 2. The van der Waals surface area contributed by atoms with Crippen molar-refractivity contribution >= 4 is 21.6 Å². The fourth-order valence-corrected chi connectivity index (χ4v) is 2.37. The van der Waals surface area contributed by atoms with Gasteiger partial charge in [-0.3, -0.25) is 0 Å². The Hall–Kier alpha value is -0.540. The van der Waals surface area contributed by atoms with Crippen molar-refractivity contribution in [1.29, 1.82) is 0 Å². The van der Waals surface area contributed by atoms with Crippen LogP contribution in [0.15, 0.2) is 22.7 Å². The van der Waals surface area contributed by atoms with E-state index >= 15 is 0 Å². The van der Waals surface area contributed by atoms with Gasteiger partial charge in [-0.25, -0.2) is 0 Å². The largest absolute Gasteiger partial charge is 0.385 e. The smallest absolute Gasteiger partial charge is 0.0400 e. The lowest BCUT2D eigenvalue weighted by molar-refractivity contribution is 0.285. The Morgan fingerprint density at radius 2 is 2.21 bits per heavy atom. The minimum atomic E-state index is 0.555. The lowest BCUT2D eigenvalue weighted by Crippen LogP contribution is -2.27. The summed E-state index contributed by atoms with van der Waals surface area (Å²) in [6, 6.07) is 7.03. The molecule has 1 aliphatic rings. The summed E-state index contributed by atoms with van der Waals surface area (Å²) in [4.78, 5) is 2.29. The van der Waals surface area contributed by atoms with Crippen LogP contribution in [0.3, 0.4) is 0 Å². The van der Waals surface area contributed by atoms with Crippen molar-refractivity contribution in [2.75, 3.05) is 26.0 Å². The molecular formula is C11H15BrN2. The molecule has 3 heteroatoms. The summed E-state index contributed by atoms with van der Waals surface area (Å²) in [6.07, 6.45) is 1.18. The molecule has 1 atom stereocenters. The number of nitrogens with one attached hydrogen (secondary N) is 1. The highest BCUT2D eigenvalue weighted by atomic mass is 79.9. The molecule has 0 saturated carbocycles. The van der Waals surface area contributed by atoms with Gasteiger partial charge in [-0.15, -0.1) is 0 Å². The van der Waals surface area contributed by atoms with Gasteiger partial charge in [0.15, 0.2) is 0 Å². The molecule has 1 N–H and O–H groups in total. The number of benzene rings is 1. The Labute approximate surface area is 93.4 Å². The lowest BCUT2D eigenvalue weighted by Gasteiger charge is -2.31. The Bertz CT molecular complexity index is 336. The number of fused-ring (bicyclic) bond motifs is 1. The van der Waals surface area contributed by atoms with Crippen LogP contribution in [0.1, 0.15) is 18.0 Å². The molecule has 0 amide bonds. The Kier molecular flexibility index (Phi) is 2.79. The Morgan fingerprint density at radius 1 is 1.43 bits per heavy atom. The summed E-state index contributed by atoms with van der Waals surface area (Å²) in [7, 11) is 4.28. The van der Waals surface area contributed by atoms with Crippen LogP contribution in [0.2, 0.25) is 0 Å². The summed E-state index contributed by atoms with van der Waals surface area (Å²) < 4.78 is 1.14. The van der Waals surface area contributed by atoms with Gasteiger partial charge >= 0.3 is 0 Å². The van der Waals surface area contributed by atoms with Crippen molar-refractivity contribution in [2.24, 2.45) is 0 Å². The standard InChI is InChI=1S/C11H15BrN2/c1-14(2)11-5-6-13-10-7-8(12)3-4-9(10)11/h3-4,7,11,13H,5-6H2,1-2H3. The molecule has 0 fully saturated rings. The number of halogens is 1. The summed E-state index contributed by atoms with van der Waals surface area (Å²) in [5.74, 6) is 0. The molecule has 1 aromatic carbocycles. The predicted octanol–water partition coefficient (Wildman–Crippen LogP) is 2.87. The first kappa shape index (κ1) is 9.99. The van der Waals surface area contributed by atoms with Crippen LogP contribution >= 0.6 is 15.9 Å².